The zero-order valence-corrected chi connectivity index (χ0v) is 27.3. The van der Waals surface area contributed by atoms with Gasteiger partial charge in [0.25, 0.3) is 0 Å². The molecule has 0 aromatic heterocycles. The lowest BCUT2D eigenvalue weighted by atomic mass is 9.93. The van der Waals surface area contributed by atoms with Crippen LogP contribution < -0.4 is 0 Å². The van der Waals surface area contributed by atoms with Gasteiger partial charge in [-0.3, -0.25) is 0 Å². The number of phenolic OH excluding ortho intramolecular Hbond substituents is 2. The van der Waals surface area contributed by atoms with Crippen molar-refractivity contribution in [3.05, 3.63) is 131 Å². The van der Waals surface area contributed by atoms with E-state index >= 15 is 0 Å². The lowest BCUT2D eigenvalue weighted by Crippen LogP contribution is -1.98. The Morgan fingerprint density at radius 3 is 1.32 bits per heavy atom. The van der Waals surface area contributed by atoms with Crippen molar-refractivity contribution >= 4 is 45.1 Å². The first-order valence-electron chi connectivity index (χ1n) is 15.2. The number of hydrogen-bond donors (Lipinski definition) is 2. The number of benzene rings is 6. The minimum Gasteiger partial charge on any atom is -0.507 e. The van der Waals surface area contributed by atoms with Crippen LogP contribution in [0.1, 0.15) is 46.6 Å². The van der Waals surface area contributed by atoms with Gasteiger partial charge >= 0.3 is 0 Å². The molecule has 2 nitrogen and oxygen atoms in total. The minimum absolute atomic E-state index is 0.143. The number of phenols is 2. The summed E-state index contributed by atoms with van der Waals surface area (Å²) < 4.78 is 0. The second-order valence-corrected chi connectivity index (χ2v) is 14.5. The Morgan fingerprint density at radius 2 is 0.886 bits per heavy atom. The largest absolute Gasteiger partial charge is 0.507 e. The van der Waals surface area contributed by atoms with Gasteiger partial charge in [-0.05, 0) is 83.6 Å². The van der Waals surface area contributed by atoms with E-state index in [1.165, 1.54) is 10.8 Å². The van der Waals surface area contributed by atoms with Gasteiger partial charge in [-0.15, -0.1) is 0 Å². The monoisotopic (exact) mass is 614 g/mol. The Labute approximate surface area is 269 Å². The van der Waals surface area contributed by atoms with Crippen molar-refractivity contribution < 1.29 is 10.2 Å². The molecule has 0 saturated carbocycles. The molecule has 222 valence electrons. The van der Waals surface area contributed by atoms with E-state index in [9.17, 15) is 10.2 Å². The van der Waals surface area contributed by atoms with Crippen molar-refractivity contribution in [2.24, 2.45) is 0 Å². The van der Waals surface area contributed by atoms with Crippen LogP contribution in [0.4, 0.5) is 0 Å². The van der Waals surface area contributed by atoms with Crippen molar-refractivity contribution in [1.29, 1.82) is 0 Å². The summed E-state index contributed by atoms with van der Waals surface area (Å²) in [4.78, 5) is 0. The van der Waals surface area contributed by atoms with Gasteiger partial charge in [0.2, 0.25) is 0 Å². The summed E-state index contributed by atoms with van der Waals surface area (Å²) in [6, 6.07) is 37.7. The number of thioether (sulfide) groups is 2. The Bertz CT molecular complexity index is 1810. The van der Waals surface area contributed by atoms with Crippen LogP contribution in [0, 0.1) is 13.8 Å². The van der Waals surface area contributed by atoms with Crippen LogP contribution in [0.5, 0.6) is 11.5 Å². The van der Waals surface area contributed by atoms with E-state index in [4.69, 9.17) is 0 Å². The summed E-state index contributed by atoms with van der Waals surface area (Å²) in [7, 11) is 0. The third-order valence-electron chi connectivity index (χ3n) is 8.42. The second-order valence-electron chi connectivity index (χ2n) is 11.6. The van der Waals surface area contributed by atoms with Crippen LogP contribution in [-0.4, -0.2) is 21.7 Å². The predicted octanol–water partition coefficient (Wildman–Crippen LogP) is 11.6. The molecule has 0 fully saturated rings. The molecule has 6 rings (SSSR count). The second kappa shape index (κ2) is 13.0. The van der Waals surface area contributed by atoms with E-state index in [1.807, 2.05) is 23.5 Å². The summed E-state index contributed by atoms with van der Waals surface area (Å²) in [5.41, 5.74) is 8.16. The zero-order valence-electron chi connectivity index (χ0n) is 25.7. The number of aryl methyl sites for hydroxylation is 2. The fraction of sp³-hybridized carbons (Fsp3) is 0.200. The summed E-state index contributed by atoms with van der Waals surface area (Å²) in [5.74, 6) is 2.63. The maximum Gasteiger partial charge on any atom is 0.127 e. The lowest BCUT2D eigenvalue weighted by molar-refractivity contribution is 0.470. The molecule has 0 aliphatic carbocycles. The Morgan fingerprint density at radius 1 is 0.500 bits per heavy atom. The lowest BCUT2D eigenvalue weighted by Gasteiger charge is -2.20. The first-order valence-corrected chi connectivity index (χ1v) is 17.3. The number of fused-ring (bicyclic) bond motifs is 2. The van der Waals surface area contributed by atoms with Crippen LogP contribution in [0.2, 0.25) is 0 Å². The molecule has 0 bridgehead atoms. The van der Waals surface area contributed by atoms with Crippen LogP contribution in [0.15, 0.2) is 109 Å². The van der Waals surface area contributed by atoms with E-state index < -0.39 is 0 Å². The highest BCUT2D eigenvalue weighted by molar-refractivity contribution is 8.03. The summed E-state index contributed by atoms with van der Waals surface area (Å²) in [6.07, 6.45) is 0. The van der Waals surface area contributed by atoms with Crippen molar-refractivity contribution in [3.8, 4) is 33.8 Å². The number of rotatable bonds is 9. The van der Waals surface area contributed by atoms with Gasteiger partial charge in [-0.1, -0.05) is 97.1 Å². The van der Waals surface area contributed by atoms with Crippen molar-refractivity contribution in [3.63, 3.8) is 0 Å². The van der Waals surface area contributed by atoms with E-state index in [0.717, 1.165) is 66.8 Å². The Balaban J connectivity index is 1.16. The summed E-state index contributed by atoms with van der Waals surface area (Å²) >= 11 is 3.73. The molecule has 0 radical (unpaired) electrons. The van der Waals surface area contributed by atoms with Crippen molar-refractivity contribution in [2.75, 3.05) is 11.5 Å². The number of aromatic hydroxyl groups is 2. The van der Waals surface area contributed by atoms with Gasteiger partial charge in [0.1, 0.15) is 11.5 Å². The molecule has 0 aliphatic heterocycles. The van der Waals surface area contributed by atoms with Crippen LogP contribution in [-0.2, 0) is 0 Å². The smallest absolute Gasteiger partial charge is 0.127 e. The van der Waals surface area contributed by atoms with Gasteiger partial charge in [-0.2, -0.15) is 23.5 Å². The van der Waals surface area contributed by atoms with Crippen LogP contribution in [0.3, 0.4) is 0 Å². The molecule has 2 N–H and O–H groups in total. The molecule has 6 aromatic carbocycles. The molecule has 0 amide bonds. The maximum atomic E-state index is 11.5. The van der Waals surface area contributed by atoms with E-state index in [2.05, 4.69) is 137 Å². The molecule has 0 spiro atoms. The third-order valence-corrected chi connectivity index (χ3v) is 11.1. The quantitative estimate of drug-likeness (QED) is 0.159. The highest BCUT2D eigenvalue weighted by atomic mass is 32.2. The normalized spacial score (nSPS) is 12.9. The first-order chi connectivity index (χ1) is 21.3. The van der Waals surface area contributed by atoms with Gasteiger partial charge in [-0.25, -0.2) is 0 Å². The summed E-state index contributed by atoms with van der Waals surface area (Å²) in [6.45, 7) is 8.58. The molecule has 44 heavy (non-hydrogen) atoms. The summed E-state index contributed by atoms with van der Waals surface area (Å²) in [5, 5.41) is 27.9. The Kier molecular flexibility index (Phi) is 8.93. The average Bonchev–Trinajstić information content (AvgIpc) is 3.04. The average molecular weight is 615 g/mol. The standard InChI is InChI=1S/C40H38O2S2/c1-25-21-35(39(41)37(23-25)33-17-9-13-29-11-5-7-15-31(29)33)27(3)43-19-20-44-28(4)36-22-26(2)24-38(40(36)42)34-18-10-14-30-12-6-8-16-32(30)34/h5-18,21-24,27-28,41-42H,19-20H2,1-4H3. The van der Waals surface area contributed by atoms with Crippen LogP contribution >= 0.6 is 23.5 Å². The van der Waals surface area contributed by atoms with E-state index in [0.29, 0.717) is 11.5 Å². The van der Waals surface area contributed by atoms with E-state index in [-0.39, 0.29) is 10.5 Å². The minimum atomic E-state index is 0.143. The molecule has 0 saturated heterocycles. The zero-order chi connectivity index (χ0) is 30.8. The maximum absolute atomic E-state index is 11.5. The molecular formula is C40H38O2S2. The first kappa shape index (κ1) is 30.2. The predicted molar refractivity (Wildman–Crippen MR) is 193 cm³/mol. The van der Waals surface area contributed by atoms with Gasteiger partial charge in [0.15, 0.2) is 0 Å². The fourth-order valence-corrected chi connectivity index (χ4v) is 8.39. The fourth-order valence-electron chi connectivity index (χ4n) is 6.19. The SMILES string of the molecule is Cc1cc(-c2cccc3ccccc23)c(O)c(C(C)SCCSC(C)c2cc(C)cc(-c3cccc4ccccc34)c2O)c1. The van der Waals surface area contributed by atoms with E-state index in [1.54, 1.807) is 0 Å². The topological polar surface area (TPSA) is 40.5 Å². The molecule has 0 heterocycles. The molecule has 2 unspecified atom stereocenters. The Hall–Kier alpha value is -3.86. The molecule has 2 atom stereocenters. The number of hydrogen-bond acceptors (Lipinski definition) is 4. The highest BCUT2D eigenvalue weighted by Gasteiger charge is 2.20. The molecule has 6 aromatic rings. The highest BCUT2D eigenvalue weighted by Crippen LogP contribution is 2.45. The van der Waals surface area contributed by atoms with Crippen molar-refractivity contribution in [2.45, 2.75) is 38.2 Å². The molecular weight excluding hydrogens is 577 g/mol. The van der Waals surface area contributed by atoms with Gasteiger partial charge in [0, 0.05) is 44.3 Å². The van der Waals surface area contributed by atoms with Gasteiger partial charge in [0.05, 0.1) is 0 Å². The molecule has 0 aliphatic rings. The van der Waals surface area contributed by atoms with Crippen LogP contribution in [0.25, 0.3) is 43.8 Å². The third kappa shape index (κ3) is 6.06. The van der Waals surface area contributed by atoms with Gasteiger partial charge < -0.3 is 10.2 Å². The molecule has 4 heteroatoms. The van der Waals surface area contributed by atoms with Crippen molar-refractivity contribution in [1.82, 2.24) is 0 Å².